The maximum Gasteiger partial charge on any atom is 0.417 e. The van der Waals surface area contributed by atoms with Crippen molar-refractivity contribution < 1.29 is 18.0 Å². The van der Waals surface area contributed by atoms with Crippen LogP contribution in [0.25, 0.3) is 5.65 Å². The molecule has 1 saturated heterocycles. The number of imidazole rings is 1. The van der Waals surface area contributed by atoms with Gasteiger partial charge in [0, 0.05) is 43.8 Å². The van der Waals surface area contributed by atoms with Crippen LogP contribution in [0.4, 0.5) is 24.5 Å². The Morgan fingerprint density at radius 2 is 1.70 bits per heavy atom. The smallest absolute Gasteiger partial charge is 0.369 e. The zero-order valence-corrected chi connectivity index (χ0v) is 16.7. The molecule has 158 valence electrons. The molecule has 1 fully saturated rings. The number of aromatic nitrogens is 2. The lowest BCUT2D eigenvalue weighted by atomic mass is 10.2. The Balaban J connectivity index is 1.55. The van der Waals surface area contributed by atoms with Crippen molar-refractivity contribution in [1.29, 1.82) is 0 Å². The predicted octanol–water partition coefficient (Wildman–Crippen LogP) is 3.67. The van der Waals surface area contributed by atoms with E-state index < -0.39 is 17.6 Å². The summed E-state index contributed by atoms with van der Waals surface area (Å²) in [5.74, 6) is -0.508. The minimum atomic E-state index is -4.50. The number of aryl methyl sites for hydroxylation is 1. The Hall–Kier alpha value is -3.07. The Morgan fingerprint density at radius 1 is 1.03 bits per heavy atom. The molecule has 1 aliphatic rings. The van der Waals surface area contributed by atoms with E-state index in [9.17, 15) is 18.0 Å². The normalized spacial score (nSPS) is 15.6. The number of carbonyl (C=O) groups is 1. The molecule has 1 amide bonds. The fourth-order valence-corrected chi connectivity index (χ4v) is 3.61. The van der Waals surface area contributed by atoms with E-state index in [0.717, 1.165) is 44.1 Å². The van der Waals surface area contributed by atoms with Crippen LogP contribution in [-0.4, -0.2) is 53.4 Å². The van der Waals surface area contributed by atoms with Gasteiger partial charge in [0.15, 0.2) is 0 Å². The van der Waals surface area contributed by atoms with Crippen LogP contribution in [0.1, 0.15) is 21.7 Å². The van der Waals surface area contributed by atoms with Crippen molar-refractivity contribution in [3.63, 3.8) is 0 Å². The van der Waals surface area contributed by atoms with Gasteiger partial charge in [0.1, 0.15) is 11.3 Å². The quantitative estimate of drug-likeness (QED) is 0.707. The third-order valence-electron chi connectivity index (χ3n) is 5.33. The first-order valence-electron chi connectivity index (χ1n) is 9.63. The average molecular weight is 417 g/mol. The average Bonchev–Trinajstić information content (AvgIpc) is 3.03. The summed E-state index contributed by atoms with van der Waals surface area (Å²) in [5.41, 5.74) is 1.54. The van der Waals surface area contributed by atoms with Crippen LogP contribution in [0, 0.1) is 6.92 Å². The number of hydrogen-bond acceptors (Lipinski definition) is 4. The van der Waals surface area contributed by atoms with Gasteiger partial charge < -0.3 is 15.1 Å². The number of piperazine rings is 1. The highest BCUT2D eigenvalue weighted by Crippen LogP contribution is 2.30. The highest BCUT2D eigenvalue weighted by molar-refractivity contribution is 6.04. The number of carbonyl (C=O) groups excluding carboxylic acids is 1. The molecule has 3 aromatic rings. The summed E-state index contributed by atoms with van der Waals surface area (Å²) < 4.78 is 40.4. The highest BCUT2D eigenvalue weighted by atomic mass is 19.4. The summed E-state index contributed by atoms with van der Waals surface area (Å²) in [6.07, 6.45) is -3.60. The van der Waals surface area contributed by atoms with Crippen LogP contribution in [0.5, 0.6) is 0 Å². The first kappa shape index (κ1) is 20.2. The van der Waals surface area contributed by atoms with Crippen molar-refractivity contribution in [2.45, 2.75) is 13.1 Å². The molecule has 1 aliphatic heterocycles. The number of hydrogen-bond donors (Lipinski definition) is 1. The summed E-state index contributed by atoms with van der Waals surface area (Å²) >= 11 is 0. The third-order valence-corrected chi connectivity index (χ3v) is 5.33. The number of alkyl halides is 3. The standard InChI is InChI=1S/C21H22F3N5O/c1-14-19(29-13-15(21(22,23)24)3-8-18(29)25-14)20(30)26-16-4-6-17(7-5-16)28-11-9-27(2)10-12-28/h3-8,13H,9-12H2,1-2H3,(H,26,30). The van der Waals surface area contributed by atoms with Gasteiger partial charge in [0.2, 0.25) is 0 Å². The molecule has 1 N–H and O–H groups in total. The molecule has 0 saturated carbocycles. The van der Waals surface area contributed by atoms with E-state index in [2.05, 4.69) is 27.1 Å². The van der Waals surface area contributed by atoms with Crippen LogP contribution in [0.3, 0.4) is 0 Å². The van der Waals surface area contributed by atoms with Crippen LogP contribution in [-0.2, 0) is 6.18 Å². The molecule has 0 spiro atoms. The zero-order valence-electron chi connectivity index (χ0n) is 16.7. The van der Waals surface area contributed by atoms with Gasteiger partial charge in [0.05, 0.1) is 11.3 Å². The van der Waals surface area contributed by atoms with Gasteiger partial charge in [-0.1, -0.05) is 0 Å². The number of pyridine rings is 1. The van der Waals surface area contributed by atoms with Gasteiger partial charge >= 0.3 is 6.18 Å². The summed E-state index contributed by atoms with van der Waals surface area (Å²) in [5, 5.41) is 2.76. The second-order valence-corrected chi connectivity index (χ2v) is 7.48. The van der Waals surface area contributed by atoms with Crippen molar-refractivity contribution in [3.8, 4) is 0 Å². The minimum Gasteiger partial charge on any atom is -0.369 e. The van der Waals surface area contributed by atoms with Gasteiger partial charge in [-0.15, -0.1) is 0 Å². The Bertz CT molecular complexity index is 1070. The molecular formula is C21H22F3N5O. The van der Waals surface area contributed by atoms with E-state index >= 15 is 0 Å². The molecule has 0 unspecified atom stereocenters. The lowest BCUT2D eigenvalue weighted by Gasteiger charge is -2.34. The summed E-state index contributed by atoms with van der Waals surface area (Å²) in [4.78, 5) is 21.6. The van der Waals surface area contributed by atoms with Gasteiger partial charge in [-0.2, -0.15) is 13.2 Å². The molecule has 9 heteroatoms. The molecule has 0 aliphatic carbocycles. The lowest BCUT2D eigenvalue weighted by molar-refractivity contribution is -0.137. The van der Waals surface area contributed by atoms with Crippen LogP contribution in [0.2, 0.25) is 0 Å². The van der Waals surface area contributed by atoms with Crippen molar-refractivity contribution in [1.82, 2.24) is 14.3 Å². The molecule has 4 rings (SSSR count). The topological polar surface area (TPSA) is 52.9 Å². The summed E-state index contributed by atoms with van der Waals surface area (Å²) in [7, 11) is 2.09. The highest BCUT2D eigenvalue weighted by Gasteiger charge is 2.31. The van der Waals surface area contributed by atoms with Crippen molar-refractivity contribution in [2.75, 3.05) is 43.4 Å². The third kappa shape index (κ3) is 3.97. The first-order valence-corrected chi connectivity index (χ1v) is 9.63. The maximum absolute atomic E-state index is 13.1. The molecular weight excluding hydrogens is 395 g/mol. The van der Waals surface area contributed by atoms with E-state index in [1.165, 1.54) is 10.5 Å². The van der Waals surface area contributed by atoms with Crippen LogP contribution in [0.15, 0.2) is 42.6 Å². The number of halogens is 3. The Labute approximate surface area is 171 Å². The molecule has 1 aromatic carbocycles. The number of nitrogens with one attached hydrogen (secondary N) is 1. The number of fused-ring (bicyclic) bond motifs is 1. The molecule has 0 radical (unpaired) electrons. The van der Waals surface area contributed by atoms with Gasteiger partial charge in [0.25, 0.3) is 5.91 Å². The van der Waals surface area contributed by atoms with Crippen molar-refractivity contribution in [3.05, 3.63) is 59.5 Å². The zero-order chi connectivity index (χ0) is 21.5. The van der Waals surface area contributed by atoms with E-state index in [0.29, 0.717) is 11.4 Å². The SMILES string of the molecule is Cc1nc2ccc(C(F)(F)F)cn2c1C(=O)Nc1ccc(N2CCN(C)CC2)cc1. The molecule has 6 nitrogen and oxygen atoms in total. The van der Waals surface area contributed by atoms with Crippen molar-refractivity contribution >= 4 is 22.9 Å². The molecule has 2 aromatic heterocycles. The maximum atomic E-state index is 13.1. The lowest BCUT2D eigenvalue weighted by Crippen LogP contribution is -2.44. The van der Waals surface area contributed by atoms with Crippen LogP contribution < -0.4 is 10.2 Å². The largest absolute Gasteiger partial charge is 0.417 e. The fourth-order valence-electron chi connectivity index (χ4n) is 3.61. The fraction of sp³-hybridized carbons (Fsp3) is 0.333. The molecule has 0 bridgehead atoms. The van der Waals surface area contributed by atoms with E-state index in [1.54, 1.807) is 19.1 Å². The number of rotatable bonds is 3. The second kappa shape index (κ2) is 7.64. The first-order chi connectivity index (χ1) is 14.2. The Morgan fingerprint density at radius 3 is 2.33 bits per heavy atom. The number of amides is 1. The molecule has 0 atom stereocenters. The van der Waals surface area contributed by atoms with Gasteiger partial charge in [-0.3, -0.25) is 9.20 Å². The number of anilines is 2. The molecule has 30 heavy (non-hydrogen) atoms. The summed E-state index contributed by atoms with van der Waals surface area (Å²) in [6.45, 7) is 5.46. The number of nitrogens with zero attached hydrogens (tertiary/aromatic N) is 4. The van der Waals surface area contributed by atoms with Gasteiger partial charge in [-0.25, -0.2) is 4.98 Å². The predicted molar refractivity (Wildman–Crippen MR) is 109 cm³/mol. The van der Waals surface area contributed by atoms with E-state index in [1.807, 2.05) is 12.1 Å². The second-order valence-electron chi connectivity index (χ2n) is 7.48. The van der Waals surface area contributed by atoms with Gasteiger partial charge in [-0.05, 0) is 50.4 Å². The summed E-state index contributed by atoms with van der Waals surface area (Å²) in [6, 6.07) is 9.68. The minimum absolute atomic E-state index is 0.0826. The monoisotopic (exact) mass is 417 g/mol. The van der Waals surface area contributed by atoms with Crippen molar-refractivity contribution in [2.24, 2.45) is 0 Å². The molecule has 3 heterocycles. The van der Waals surface area contributed by atoms with Crippen LogP contribution >= 0.6 is 0 Å². The van der Waals surface area contributed by atoms with E-state index in [4.69, 9.17) is 0 Å². The number of likely N-dealkylation sites (N-methyl/N-ethyl adjacent to an activating group) is 1. The number of benzene rings is 1. The van der Waals surface area contributed by atoms with E-state index in [-0.39, 0.29) is 11.3 Å². The Kier molecular flexibility index (Phi) is 5.15.